The van der Waals surface area contributed by atoms with Gasteiger partial charge in [-0.15, -0.1) is 11.8 Å². The molecule has 1 aromatic rings. The van der Waals surface area contributed by atoms with Crippen LogP contribution in [0.3, 0.4) is 0 Å². The predicted octanol–water partition coefficient (Wildman–Crippen LogP) is 1.92. The minimum atomic E-state index is -0.902. The smallest absolute Gasteiger partial charge is 0.407 e. The molecule has 6 nitrogen and oxygen atoms in total. The van der Waals surface area contributed by atoms with E-state index in [9.17, 15) is 9.18 Å². The third-order valence-corrected chi connectivity index (χ3v) is 4.05. The van der Waals surface area contributed by atoms with Gasteiger partial charge in [-0.2, -0.15) is 0 Å². The third-order valence-electron chi connectivity index (χ3n) is 3.38. The van der Waals surface area contributed by atoms with Gasteiger partial charge in [0.05, 0.1) is 12.2 Å². The number of carbonyl (C=O) groups is 1. The van der Waals surface area contributed by atoms with E-state index in [0.717, 1.165) is 6.42 Å². The Morgan fingerprint density at radius 3 is 2.95 bits per heavy atom. The Morgan fingerprint density at radius 1 is 1.60 bits per heavy atom. The summed E-state index contributed by atoms with van der Waals surface area (Å²) >= 11 is 1.23. The van der Waals surface area contributed by atoms with E-state index in [1.165, 1.54) is 22.9 Å². The van der Waals surface area contributed by atoms with Gasteiger partial charge in [-0.1, -0.05) is 6.92 Å². The molecular weight excluding hydrogens is 283 g/mol. The van der Waals surface area contributed by atoms with Crippen molar-refractivity contribution < 1.29 is 14.3 Å². The molecule has 1 aromatic heterocycles. The molecule has 1 atom stereocenters. The quantitative estimate of drug-likeness (QED) is 0.679. The summed E-state index contributed by atoms with van der Waals surface area (Å²) in [7, 11) is 0. The zero-order chi connectivity index (χ0) is 14.7. The van der Waals surface area contributed by atoms with Crippen LogP contribution < -0.4 is 4.90 Å². The molecule has 1 amide bonds. The molecule has 0 spiro atoms. The Hall–Kier alpha value is -1.57. The van der Waals surface area contributed by atoms with E-state index in [1.807, 2.05) is 11.8 Å². The van der Waals surface area contributed by atoms with Crippen LogP contribution in [0.15, 0.2) is 11.2 Å². The second-order valence-electron chi connectivity index (χ2n) is 4.51. The molecule has 1 aliphatic heterocycles. The zero-order valence-corrected chi connectivity index (χ0v) is 12.2. The summed E-state index contributed by atoms with van der Waals surface area (Å²) in [5.74, 6) is 0.0247. The number of rotatable bonds is 3. The number of piperazine rings is 1. The van der Waals surface area contributed by atoms with Crippen LogP contribution in [-0.2, 0) is 0 Å². The van der Waals surface area contributed by atoms with Gasteiger partial charge < -0.3 is 14.9 Å². The van der Waals surface area contributed by atoms with E-state index < -0.39 is 11.9 Å². The minimum Gasteiger partial charge on any atom is -0.465 e. The maximum absolute atomic E-state index is 13.4. The fourth-order valence-corrected chi connectivity index (χ4v) is 2.70. The second-order valence-corrected chi connectivity index (χ2v) is 5.31. The molecule has 8 heteroatoms. The molecule has 0 radical (unpaired) electrons. The standard InChI is InChI=1S/C12H17FN4O2S/c1-3-8-7-16(4-5-17(8)12(18)19)11-14-6-9(13)10(15-11)20-2/h6,8H,3-5,7H2,1-2H3,(H,18,19). The van der Waals surface area contributed by atoms with Crippen molar-refractivity contribution in [1.82, 2.24) is 14.9 Å². The molecule has 1 unspecified atom stereocenters. The summed E-state index contributed by atoms with van der Waals surface area (Å²) in [6.07, 6.45) is 2.74. The van der Waals surface area contributed by atoms with Crippen molar-refractivity contribution in [2.45, 2.75) is 24.4 Å². The number of anilines is 1. The van der Waals surface area contributed by atoms with Gasteiger partial charge in [0, 0.05) is 19.6 Å². The van der Waals surface area contributed by atoms with Crippen LogP contribution >= 0.6 is 11.8 Å². The molecule has 2 heterocycles. The molecule has 20 heavy (non-hydrogen) atoms. The van der Waals surface area contributed by atoms with Crippen LogP contribution in [0.1, 0.15) is 13.3 Å². The van der Waals surface area contributed by atoms with Crippen molar-refractivity contribution in [2.24, 2.45) is 0 Å². The highest BCUT2D eigenvalue weighted by Crippen LogP contribution is 2.21. The number of amides is 1. The van der Waals surface area contributed by atoms with E-state index in [2.05, 4.69) is 9.97 Å². The summed E-state index contributed by atoms with van der Waals surface area (Å²) in [4.78, 5) is 22.7. The highest BCUT2D eigenvalue weighted by atomic mass is 32.2. The monoisotopic (exact) mass is 300 g/mol. The molecule has 2 rings (SSSR count). The van der Waals surface area contributed by atoms with Crippen molar-refractivity contribution in [3.05, 3.63) is 12.0 Å². The second kappa shape index (κ2) is 6.25. The van der Waals surface area contributed by atoms with Gasteiger partial charge in [0.25, 0.3) is 0 Å². The molecule has 1 aliphatic rings. The van der Waals surface area contributed by atoms with Gasteiger partial charge in [-0.3, -0.25) is 0 Å². The molecule has 0 saturated carbocycles. The van der Waals surface area contributed by atoms with E-state index >= 15 is 0 Å². The first-order valence-electron chi connectivity index (χ1n) is 6.37. The molecule has 0 bridgehead atoms. The number of carboxylic acid groups (broad SMARTS) is 1. The predicted molar refractivity (Wildman–Crippen MR) is 74.8 cm³/mol. The first-order chi connectivity index (χ1) is 9.56. The number of thioether (sulfide) groups is 1. The first kappa shape index (κ1) is 14.8. The van der Waals surface area contributed by atoms with Crippen LogP contribution in [0.2, 0.25) is 0 Å². The number of aromatic nitrogens is 2. The van der Waals surface area contributed by atoms with Gasteiger partial charge >= 0.3 is 6.09 Å². The van der Waals surface area contributed by atoms with E-state index in [-0.39, 0.29) is 6.04 Å². The topological polar surface area (TPSA) is 69.6 Å². The maximum atomic E-state index is 13.4. The Balaban J connectivity index is 2.17. The van der Waals surface area contributed by atoms with Gasteiger partial charge in [-0.05, 0) is 12.7 Å². The van der Waals surface area contributed by atoms with E-state index in [1.54, 1.807) is 6.26 Å². The Kier molecular flexibility index (Phi) is 4.64. The van der Waals surface area contributed by atoms with Crippen molar-refractivity contribution in [3.63, 3.8) is 0 Å². The lowest BCUT2D eigenvalue weighted by atomic mass is 10.1. The van der Waals surface area contributed by atoms with Crippen LogP contribution in [0, 0.1) is 5.82 Å². The van der Waals surface area contributed by atoms with Crippen molar-refractivity contribution in [2.75, 3.05) is 30.8 Å². The van der Waals surface area contributed by atoms with Crippen LogP contribution in [0.5, 0.6) is 0 Å². The number of halogens is 1. The van der Waals surface area contributed by atoms with Crippen molar-refractivity contribution in [3.8, 4) is 0 Å². The lowest BCUT2D eigenvalue weighted by Gasteiger charge is -2.39. The Labute approximate surface area is 121 Å². The highest BCUT2D eigenvalue weighted by Gasteiger charge is 2.30. The van der Waals surface area contributed by atoms with Crippen molar-refractivity contribution >= 4 is 23.8 Å². The molecule has 0 aliphatic carbocycles. The third kappa shape index (κ3) is 2.95. The van der Waals surface area contributed by atoms with E-state index in [0.29, 0.717) is 30.6 Å². The fourth-order valence-electron chi connectivity index (χ4n) is 2.28. The molecule has 110 valence electrons. The Morgan fingerprint density at radius 2 is 2.35 bits per heavy atom. The molecular formula is C12H17FN4O2S. The molecule has 1 N–H and O–H groups in total. The summed E-state index contributed by atoms with van der Waals surface area (Å²) in [6, 6.07) is -0.0902. The number of hydrogen-bond acceptors (Lipinski definition) is 5. The SMILES string of the molecule is CCC1CN(c2ncc(F)c(SC)n2)CCN1C(=O)O. The normalized spacial score (nSPS) is 19.2. The number of nitrogens with zero attached hydrogens (tertiary/aromatic N) is 4. The summed E-state index contributed by atoms with van der Waals surface area (Å²) < 4.78 is 13.4. The summed E-state index contributed by atoms with van der Waals surface area (Å²) in [5.41, 5.74) is 0. The minimum absolute atomic E-state index is 0.0902. The number of hydrogen-bond donors (Lipinski definition) is 1. The first-order valence-corrected chi connectivity index (χ1v) is 7.60. The largest absolute Gasteiger partial charge is 0.465 e. The zero-order valence-electron chi connectivity index (χ0n) is 11.4. The summed E-state index contributed by atoms with van der Waals surface area (Å²) in [6.45, 7) is 3.40. The summed E-state index contributed by atoms with van der Waals surface area (Å²) in [5, 5.41) is 9.45. The van der Waals surface area contributed by atoms with Crippen LogP contribution in [0.4, 0.5) is 15.1 Å². The highest BCUT2D eigenvalue weighted by molar-refractivity contribution is 7.98. The Bertz CT molecular complexity index is 502. The average Bonchev–Trinajstić information content (AvgIpc) is 2.46. The lowest BCUT2D eigenvalue weighted by Crippen LogP contribution is -2.55. The van der Waals surface area contributed by atoms with E-state index in [4.69, 9.17) is 5.11 Å². The van der Waals surface area contributed by atoms with Gasteiger partial charge in [0.1, 0.15) is 5.03 Å². The average molecular weight is 300 g/mol. The molecule has 0 aromatic carbocycles. The van der Waals surface area contributed by atoms with Crippen molar-refractivity contribution in [1.29, 1.82) is 0 Å². The maximum Gasteiger partial charge on any atom is 0.407 e. The van der Waals surface area contributed by atoms with Crippen LogP contribution in [-0.4, -0.2) is 58.0 Å². The van der Waals surface area contributed by atoms with Gasteiger partial charge in [-0.25, -0.2) is 19.2 Å². The molecule has 1 fully saturated rings. The van der Waals surface area contributed by atoms with Crippen LogP contribution in [0.25, 0.3) is 0 Å². The molecule has 1 saturated heterocycles. The lowest BCUT2D eigenvalue weighted by molar-refractivity contribution is 0.116. The fraction of sp³-hybridized carbons (Fsp3) is 0.583. The van der Waals surface area contributed by atoms with Gasteiger partial charge in [0.15, 0.2) is 5.82 Å². The van der Waals surface area contributed by atoms with Gasteiger partial charge in [0.2, 0.25) is 5.95 Å².